The predicted octanol–water partition coefficient (Wildman–Crippen LogP) is 2.58. The lowest BCUT2D eigenvalue weighted by Crippen LogP contribution is -2.13. The maximum atomic E-state index is 10.8. The Morgan fingerprint density at radius 3 is 2.81 bits per heavy atom. The normalized spacial score (nSPS) is 11.6. The summed E-state index contributed by atoms with van der Waals surface area (Å²) in [6.07, 6.45) is -0.164. The fourth-order valence-corrected chi connectivity index (χ4v) is 1.22. The summed E-state index contributed by atoms with van der Waals surface area (Å²) in [5.41, 5.74) is 0.678. The summed E-state index contributed by atoms with van der Waals surface area (Å²) in [5.74, 6) is 0.143. The van der Waals surface area contributed by atoms with E-state index >= 15 is 0 Å². The maximum Gasteiger partial charge on any atom is 0.311 e. The first-order valence-corrected chi connectivity index (χ1v) is 4.89. The van der Waals surface area contributed by atoms with E-state index in [1.807, 2.05) is 6.07 Å². The van der Waals surface area contributed by atoms with Crippen molar-refractivity contribution in [2.24, 2.45) is 0 Å². The van der Waals surface area contributed by atoms with E-state index in [-0.39, 0.29) is 11.4 Å². The van der Waals surface area contributed by atoms with Gasteiger partial charge in [0.1, 0.15) is 6.07 Å². The Bertz CT molecular complexity index is 437. The Kier molecular flexibility index (Phi) is 3.84. The van der Waals surface area contributed by atoms with E-state index in [1.165, 1.54) is 12.1 Å². The number of nitro groups is 1. The average Bonchev–Trinajstić information content (AvgIpc) is 2.27. The SMILES string of the molecule is CCC(C#N)Oc1ccc(C)cc1[N+](=O)[O-]. The maximum absolute atomic E-state index is 10.8. The van der Waals surface area contributed by atoms with E-state index in [9.17, 15) is 10.1 Å². The summed E-state index contributed by atoms with van der Waals surface area (Å²) in [7, 11) is 0. The molecule has 0 aliphatic heterocycles. The molecule has 84 valence electrons. The summed E-state index contributed by atoms with van der Waals surface area (Å²) in [5, 5.41) is 19.5. The van der Waals surface area contributed by atoms with Gasteiger partial charge in [0.05, 0.1) is 4.92 Å². The van der Waals surface area contributed by atoms with E-state index in [1.54, 1.807) is 19.9 Å². The Labute approximate surface area is 93.4 Å². The van der Waals surface area contributed by atoms with E-state index in [4.69, 9.17) is 10.00 Å². The molecule has 1 atom stereocenters. The first-order chi connectivity index (χ1) is 7.58. The van der Waals surface area contributed by atoms with Gasteiger partial charge in [0.2, 0.25) is 0 Å². The molecule has 0 spiro atoms. The standard InChI is InChI=1S/C11H12N2O3/c1-3-9(7-12)16-11-5-4-8(2)6-10(11)13(14)15/h4-6,9H,3H2,1-2H3. The van der Waals surface area contributed by atoms with Crippen molar-refractivity contribution in [2.75, 3.05) is 0 Å². The highest BCUT2D eigenvalue weighted by Crippen LogP contribution is 2.28. The van der Waals surface area contributed by atoms with Crippen molar-refractivity contribution >= 4 is 5.69 Å². The molecule has 1 aromatic rings. The number of aryl methyl sites for hydroxylation is 1. The molecule has 1 aromatic carbocycles. The van der Waals surface area contributed by atoms with Gasteiger partial charge in [0, 0.05) is 6.07 Å². The van der Waals surface area contributed by atoms with Crippen molar-refractivity contribution in [2.45, 2.75) is 26.4 Å². The molecule has 0 amide bonds. The van der Waals surface area contributed by atoms with Crippen LogP contribution in [-0.2, 0) is 0 Å². The molecule has 0 saturated carbocycles. The molecule has 5 heteroatoms. The molecule has 5 nitrogen and oxygen atoms in total. The lowest BCUT2D eigenvalue weighted by atomic mass is 10.2. The van der Waals surface area contributed by atoms with Crippen molar-refractivity contribution in [1.29, 1.82) is 5.26 Å². The van der Waals surface area contributed by atoms with Gasteiger partial charge in [-0.15, -0.1) is 0 Å². The molecule has 0 fully saturated rings. The summed E-state index contributed by atoms with van der Waals surface area (Å²) >= 11 is 0. The fraction of sp³-hybridized carbons (Fsp3) is 0.364. The van der Waals surface area contributed by atoms with Crippen LogP contribution in [0, 0.1) is 28.4 Å². The Balaban J connectivity index is 3.04. The zero-order chi connectivity index (χ0) is 12.1. The predicted molar refractivity (Wildman–Crippen MR) is 58.2 cm³/mol. The van der Waals surface area contributed by atoms with Crippen molar-refractivity contribution in [3.63, 3.8) is 0 Å². The van der Waals surface area contributed by atoms with Crippen LogP contribution in [0.15, 0.2) is 18.2 Å². The number of hydrogen-bond acceptors (Lipinski definition) is 4. The molecule has 0 heterocycles. The van der Waals surface area contributed by atoms with Crippen molar-refractivity contribution in [3.05, 3.63) is 33.9 Å². The topological polar surface area (TPSA) is 76.2 Å². The molecule has 1 unspecified atom stereocenters. The summed E-state index contributed by atoms with van der Waals surface area (Å²) in [4.78, 5) is 10.3. The van der Waals surface area contributed by atoms with Crippen molar-refractivity contribution in [3.8, 4) is 11.8 Å². The molecule has 16 heavy (non-hydrogen) atoms. The Hall–Kier alpha value is -2.09. The van der Waals surface area contributed by atoms with Crippen LogP contribution in [0.3, 0.4) is 0 Å². The molecule has 0 aliphatic carbocycles. The van der Waals surface area contributed by atoms with E-state index in [2.05, 4.69) is 0 Å². The first-order valence-electron chi connectivity index (χ1n) is 4.89. The number of hydrogen-bond donors (Lipinski definition) is 0. The summed E-state index contributed by atoms with van der Waals surface area (Å²) < 4.78 is 5.26. The van der Waals surface area contributed by atoms with E-state index in [0.29, 0.717) is 6.42 Å². The monoisotopic (exact) mass is 220 g/mol. The summed E-state index contributed by atoms with van der Waals surface area (Å²) in [6, 6.07) is 6.60. The Morgan fingerprint density at radius 1 is 1.62 bits per heavy atom. The third-order valence-corrected chi connectivity index (χ3v) is 2.10. The zero-order valence-corrected chi connectivity index (χ0v) is 9.14. The molecule has 1 rings (SSSR count). The zero-order valence-electron chi connectivity index (χ0n) is 9.14. The van der Waals surface area contributed by atoms with Crippen LogP contribution in [-0.4, -0.2) is 11.0 Å². The molecule has 0 saturated heterocycles. The number of ether oxygens (including phenoxy) is 1. The van der Waals surface area contributed by atoms with Crippen LogP contribution in [0.25, 0.3) is 0 Å². The van der Waals surface area contributed by atoms with E-state index < -0.39 is 11.0 Å². The van der Waals surface area contributed by atoms with Gasteiger partial charge in [-0.3, -0.25) is 10.1 Å². The highest BCUT2D eigenvalue weighted by molar-refractivity contribution is 5.48. The third-order valence-electron chi connectivity index (χ3n) is 2.10. The van der Waals surface area contributed by atoms with Crippen LogP contribution in [0.5, 0.6) is 5.75 Å². The quantitative estimate of drug-likeness (QED) is 0.577. The molecular weight excluding hydrogens is 208 g/mol. The second kappa shape index (κ2) is 5.12. The van der Waals surface area contributed by atoms with E-state index in [0.717, 1.165) is 5.56 Å². The second-order valence-corrected chi connectivity index (χ2v) is 3.37. The van der Waals surface area contributed by atoms with Gasteiger partial charge in [0.25, 0.3) is 0 Å². The Morgan fingerprint density at radius 2 is 2.31 bits per heavy atom. The minimum Gasteiger partial charge on any atom is -0.468 e. The van der Waals surface area contributed by atoms with Gasteiger partial charge in [-0.25, -0.2) is 0 Å². The minimum absolute atomic E-state index is 0.103. The van der Waals surface area contributed by atoms with Crippen molar-refractivity contribution in [1.82, 2.24) is 0 Å². The third kappa shape index (κ3) is 2.70. The van der Waals surface area contributed by atoms with Gasteiger partial charge in [-0.1, -0.05) is 13.0 Å². The van der Waals surface area contributed by atoms with Crippen LogP contribution >= 0.6 is 0 Å². The molecule has 0 aromatic heterocycles. The average molecular weight is 220 g/mol. The number of nitrogens with zero attached hydrogens (tertiary/aromatic N) is 2. The first kappa shape index (κ1) is 12.0. The highest BCUT2D eigenvalue weighted by Gasteiger charge is 2.18. The lowest BCUT2D eigenvalue weighted by molar-refractivity contribution is -0.386. The molecule has 0 N–H and O–H groups in total. The van der Waals surface area contributed by atoms with Crippen LogP contribution in [0.1, 0.15) is 18.9 Å². The van der Waals surface area contributed by atoms with Crippen LogP contribution in [0.2, 0.25) is 0 Å². The van der Waals surface area contributed by atoms with Crippen LogP contribution in [0.4, 0.5) is 5.69 Å². The number of nitriles is 1. The van der Waals surface area contributed by atoms with Gasteiger partial charge < -0.3 is 4.74 Å². The summed E-state index contributed by atoms with van der Waals surface area (Å²) in [6.45, 7) is 3.55. The smallest absolute Gasteiger partial charge is 0.311 e. The largest absolute Gasteiger partial charge is 0.468 e. The minimum atomic E-state index is -0.651. The van der Waals surface area contributed by atoms with Gasteiger partial charge in [-0.2, -0.15) is 5.26 Å². The molecule has 0 radical (unpaired) electrons. The van der Waals surface area contributed by atoms with Gasteiger partial charge >= 0.3 is 5.69 Å². The highest BCUT2D eigenvalue weighted by atomic mass is 16.6. The van der Waals surface area contributed by atoms with Crippen molar-refractivity contribution < 1.29 is 9.66 Å². The molecular formula is C11H12N2O3. The van der Waals surface area contributed by atoms with Crippen LogP contribution < -0.4 is 4.74 Å². The van der Waals surface area contributed by atoms with Gasteiger partial charge in [0.15, 0.2) is 11.9 Å². The molecule has 0 aliphatic rings. The lowest BCUT2D eigenvalue weighted by Gasteiger charge is -2.10. The fourth-order valence-electron chi connectivity index (χ4n) is 1.22. The number of rotatable bonds is 4. The second-order valence-electron chi connectivity index (χ2n) is 3.37. The van der Waals surface area contributed by atoms with Gasteiger partial charge in [-0.05, 0) is 25.0 Å². The number of nitro benzene ring substituents is 1. The number of benzene rings is 1. The molecule has 0 bridgehead atoms.